The third-order valence-electron chi connectivity index (χ3n) is 5.07. The van der Waals surface area contributed by atoms with Gasteiger partial charge in [-0.2, -0.15) is 13.2 Å². The first-order chi connectivity index (χ1) is 14.3. The van der Waals surface area contributed by atoms with Crippen molar-refractivity contribution >= 4 is 11.6 Å². The van der Waals surface area contributed by atoms with E-state index in [2.05, 4.69) is 5.32 Å². The second-order valence-corrected chi connectivity index (χ2v) is 7.97. The Morgan fingerprint density at radius 1 is 1.10 bits per heavy atom. The average molecular weight is 443 g/mol. The van der Waals surface area contributed by atoms with Gasteiger partial charge >= 0.3 is 6.18 Å². The van der Waals surface area contributed by atoms with Gasteiger partial charge in [0, 0.05) is 18.1 Å². The van der Waals surface area contributed by atoms with E-state index in [1.807, 2.05) is 42.5 Å². The maximum Gasteiger partial charge on any atom is 0.401 e. The number of rotatable bonds is 9. The fourth-order valence-electron chi connectivity index (χ4n) is 3.58. The molecule has 4 nitrogen and oxygen atoms in total. The molecule has 3 rings (SSSR count). The van der Waals surface area contributed by atoms with Crippen LogP contribution in [0.1, 0.15) is 17.5 Å². The fourth-order valence-corrected chi connectivity index (χ4v) is 3.71. The van der Waals surface area contributed by atoms with Gasteiger partial charge in [0.2, 0.25) is 0 Å². The molecule has 2 aromatic carbocycles. The Bertz CT molecular complexity index is 815. The van der Waals surface area contributed by atoms with Gasteiger partial charge < -0.3 is 14.8 Å². The minimum Gasteiger partial charge on any atom is -0.493 e. The lowest BCUT2D eigenvalue weighted by atomic mass is 10.1. The monoisotopic (exact) mass is 442 g/mol. The minimum absolute atomic E-state index is 0.233. The number of hydrogen-bond donors (Lipinski definition) is 1. The fraction of sp³-hybridized carbons (Fsp3) is 0.455. The zero-order chi connectivity index (χ0) is 21.6. The van der Waals surface area contributed by atoms with Crippen LogP contribution in [0.15, 0.2) is 42.5 Å². The van der Waals surface area contributed by atoms with E-state index in [0.717, 1.165) is 17.5 Å². The molecule has 0 amide bonds. The molecule has 1 heterocycles. The first-order valence-electron chi connectivity index (χ1n) is 9.86. The number of benzene rings is 2. The van der Waals surface area contributed by atoms with E-state index >= 15 is 0 Å². The van der Waals surface area contributed by atoms with Gasteiger partial charge in [-0.05, 0) is 60.8 Å². The van der Waals surface area contributed by atoms with Crippen molar-refractivity contribution in [1.82, 2.24) is 10.2 Å². The molecule has 1 unspecified atom stereocenters. The zero-order valence-electron chi connectivity index (χ0n) is 16.8. The summed E-state index contributed by atoms with van der Waals surface area (Å²) in [5.41, 5.74) is 2.03. The molecule has 1 aliphatic rings. The Kier molecular flexibility index (Phi) is 7.86. The maximum absolute atomic E-state index is 12.5. The molecule has 30 heavy (non-hydrogen) atoms. The predicted molar refractivity (Wildman–Crippen MR) is 111 cm³/mol. The lowest BCUT2D eigenvalue weighted by molar-refractivity contribution is -0.143. The van der Waals surface area contributed by atoms with E-state index in [1.54, 1.807) is 7.11 Å². The van der Waals surface area contributed by atoms with E-state index in [9.17, 15) is 13.2 Å². The second-order valence-electron chi connectivity index (χ2n) is 7.54. The van der Waals surface area contributed by atoms with Crippen LogP contribution in [0, 0.1) is 5.92 Å². The van der Waals surface area contributed by atoms with Crippen LogP contribution in [0.25, 0.3) is 0 Å². The SMILES string of the molecule is COc1cc(CNCC2CCN(CC(F)(F)F)C2)ccc1OCc1ccc(Cl)cc1. The van der Waals surface area contributed by atoms with Crippen molar-refractivity contribution in [3.05, 3.63) is 58.6 Å². The molecule has 0 spiro atoms. The van der Waals surface area contributed by atoms with Crippen LogP contribution in [-0.4, -0.2) is 44.4 Å². The number of alkyl halides is 3. The summed E-state index contributed by atoms with van der Waals surface area (Å²) in [5.74, 6) is 1.52. The van der Waals surface area contributed by atoms with Gasteiger partial charge in [0.1, 0.15) is 6.61 Å². The van der Waals surface area contributed by atoms with Crippen molar-refractivity contribution in [2.45, 2.75) is 25.7 Å². The molecule has 0 radical (unpaired) electrons. The highest BCUT2D eigenvalue weighted by Gasteiger charge is 2.34. The average Bonchev–Trinajstić information content (AvgIpc) is 3.13. The summed E-state index contributed by atoms with van der Waals surface area (Å²) in [7, 11) is 1.59. The maximum atomic E-state index is 12.5. The van der Waals surface area contributed by atoms with Gasteiger partial charge in [-0.15, -0.1) is 0 Å². The van der Waals surface area contributed by atoms with Gasteiger partial charge in [-0.1, -0.05) is 29.8 Å². The summed E-state index contributed by atoms with van der Waals surface area (Å²) < 4.78 is 48.8. The molecular weight excluding hydrogens is 417 g/mol. The van der Waals surface area contributed by atoms with Gasteiger partial charge in [0.25, 0.3) is 0 Å². The van der Waals surface area contributed by atoms with Gasteiger partial charge in [0.15, 0.2) is 11.5 Å². The van der Waals surface area contributed by atoms with E-state index in [0.29, 0.717) is 49.3 Å². The van der Waals surface area contributed by atoms with Gasteiger partial charge in [-0.25, -0.2) is 0 Å². The van der Waals surface area contributed by atoms with Gasteiger partial charge in [0.05, 0.1) is 13.7 Å². The Morgan fingerprint density at radius 2 is 1.83 bits per heavy atom. The van der Waals surface area contributed by atoms with E-state index in [4.69, 9.17) is 21.1 Å². The highest BCUT2D eigenvalue weighted by molar-refractivity contribution is 6.30. The number of nitrogens with zero attached hydrogens (tertiary/aromatic N) is 1. The smallest absolute Gasteiger partial charge is 0.401 e. The van der Waals surface area contributed by atoms with Crippen molar-refractivity contribution in [3.8, 4) is 11.5 Å². The number of methoxy groups -OCH3 is 1. The summed E-state index contributed by atoms with van der Waals surface area (Å²) in [6.45, 7) is 1.86. The molecule has 0 aromatic heterocycles. The Labute approximate surface area is 179 Å². The molecule has 8 heteroatoms. The van der Waals surface area contributed by atoms with Crippen LogP contribution in [0.4, 0.5) is 13.2 Å². The normalized spacial score (nSPS) is 17.3. The Hall–Kier alpha value is -1.96. The number of likely N-dealkylation sites (tertiary alicyclic amines) is 1. The van der Waals surface area contributed by atoms with Gasteiger partial charge in [-0.3, -0.25) is 4.90 Å². The van der Waals surface area contributed by atoms with Crippen LogP contribution in [-0.2, 0) is 13.2 Å². The Morgan fingerprint density at radius 3 is 2.53 bits per heavy atom. The zero-order valence-corrected chi connectivity index (χ0v) is 17.6. The molecule has 1 atom stereocenters. The summed E-state index contributed by atoms with van der Waals surface area (Å²) in [6, 6.07) is 13.2. The quantitative estimate of drug-likeness (QED) is 0.598. The molecular formula is C22H26ClF3N2O2. The third-order valence-corrected chi connectivity index (χ3v) is 5.32. The van der Waals surface area contributed by atoms with Crippen LogP contribution < -0.4 is 14.8 Å². The lowest BCUT2D eigenvalue weighted by Gasteiger charge is -2.18. The molecule has 1 N–H and O–H groups in total. The molecule has 0 bridgehead atoms. The van der Waals surface area contributed by atoms with Crippen LogP contribution in [0.3, 0.4) is 0 Å². The van der Waals surface area contributed by atoms with Crippen molar-refractivity contribution in [1.29, 1.82) is 0 Å². The van der Waals surface area contributed by atoms with Crippen LogP contribution >= 0.6 is 11.6 Å². The third kappa shape index (κ3) is 7.07. The molecule has 0 saturated carbocycles. The largest absolute Gasteiger partial charge is 0.493 e. The summed E-state index contributed by atoms with van der Waals surface area (Å²) in [4.78, 5) is 1.47. The number of nitrogens with one attached hydrogen (secondary N) is 1. The van der Waals surface area contributed by atoms with Crippen molar-refractivity contribution < 1.29 is 22.6 Å². The molecule has 164 valence electrons. The second kappa shape index (κ2) is 10.4. The summed E-state index contributed by atoms with van der Waals surface area (Å²) in [5, 5.41) is 4.02. The first-order valence-corrected chi connectivity index (χ1v) is 10.2. The van der Waals surface area contributed by atoms with E-state index in [-0.39, 0.29) is 5.92 Å². The molecule has 0 aliphatic carbocycles. The van der Waals surface area contributed by atoms with Crippen LogP contribution in [0.2, 0.25) is 5.02 Å². The number of halogens is 4. The molecule has 2 aromatic rings. The molecule has 1 aliphatic heterocycles. The lowest BCUT2D eigenvalue weighted by Crippen LogP contribution is -2.33. The van der Waals surface area contributed by atoms with Crippen molar-refractivity contribution in [3.63, 3.8) is 0 Å². The van der Waals surface area contributed by atoms with Crippen LogP contribution in [0.5, 0.6) is 11.5 Å². The number of ether oxygens (including phenoxy) is 2. The summed E-state index contributed by atoms with van der Waals surface area (Å²) in [6.07, 6.45) is -3.35. The highest BCUT2D eigenvalue weighted by Crippen LogP contribution is 2.29. The summed E-state index contributed by atoms with van der Waals surface area (Å²) >= 11 is 5.90. The molecule has 1 fully saturated rings. The van der Waals surface area contributed by atoms with E-state index in [1.165, 1.54) is 4.90 Å². The molecule has 1 saturated heterocycles. The van der Waals surface area contributed by atoms with Crippen molar-refractivity contribution in [2.24, 2.45) is 5.92 Å². The number of hydrogen-bond acceptors (Lipinski definition) is 4. The first kappa shape index (κ1) is 22.7. The topological polar surface area (TPSA) is 33.7 Å². The standard InChI is InChI=1S/C22H26ClF3N2O2/c1-29-21-10-17(4-7-20(21)30-14-16-2-5-19(23)6-3-16)11-27-12-18-8-9-28(13-18)15-22(24,25)26/h2-7,10,18,27H,8-9,11-15H2,1H3. The minimum atomic E-state index is -4.13. The highest BCUT2D eigenvalue weighted by atomic mass is 35.5. The predicted octanol–water partition coefficient (Wildman–Crippen LogP) is 4.90. The Balaban J connectivity index is 1.46. The van der Waals surface area contributed by atoms with Crippen molar-refractivity contribution in [2.75, 3.05) is 33.3 Å². The van der Waals surface area contributed by atoms with E-state index < -0.39 is 12.7 Å².